The lowest BCUT2D eigenvalue weighted by molar-refractivity contribution is -0.118. The van der Waals surface area contributed by atoms with Gasteiger partial charge in [0.1, 0.15) is 0 Å². The van der Waals surface area contributed by atoms with Crippen LogP contribution in [0.5, 0.6) is 0 Å². The van der Waals surface area contributed by atoms with Gasteiger partial charge in [0, 0.05) is 19.5 Å². The molecule has 0 spiro atoms. The van der Waals surface area contributed by atoms with Crippen LogP contribution in [-0.2, 0) is 11.3 Å². The van der Waals surface area contributed by atoms with E-state index < -0.39 is 0 Å². The number of benzene rings is 1. The minimum absolute atomic E-state index is 0.302. The van der Waals surface area contributed by atoms with Crippen LogP contribution in [0.4, 0.5) is 0 Å². The lowest BCUT2D eigenvalue weighted by Gasteiger charge is -2.16. The Morgan fingerprint density at radius 2 is 2.12 bits per heavy atom. The molecule has 0 aliphatic carbocycles. The smallest absolute Gasteiger partial charge is 0.218 e. The van der Waals surface area contributed by atoms with Crippen LogP contribution in [0.3, 0.4) is 0 Å². The molecule has 0 unspecified atom stereocenters. The molecule has 1 rings (SSSR count). The predicted molar refractivity (Wildman–Crippen MR) is 66.6 cm³/mol. The summed E-state index contributed by atoms with van der Waals surface area (Å²) < 4.78 is 0. The van der Waals surface area contributed by atoms with Crippen LogP contribution in [0.25, 0.3) is 0 Å². The maximum Gasteiger partial charge on any atom is 0.218 e. The maximum atomic E-state index is 10.6. The molecule has 0 fully saturated rings. The molecule has 0 aliphatic heterocycles. The van der Waals surface area contributed by atoms with Crippen LogP contribution in [0.1, 0.15) is 12.0 Å². The lowest BCUT2D eigenvalue weighted by atomic mass is 10.2. The first-order valence-corrected chi connectivity index (χ1v) is 5.66. The highest BCUT2D eigenvalue weighted by molar-refractivity contribution is 6.42. The van der Waals surface area contributed by atoms with Crippen molar-refractivity contribution in [2.75, 3.05) is 13.6 Å². The van der Waals surface area contributed by atoms with E-state index in [-0.39, 0.29) is 5.91 Å². The van der Waals surface area contributed by atoms with Crippen molar-refractivity contribution in [3.05, 3.63) is 33.8 Å². The van der Waals surface area contributed by atoms with Crippen LogP contribution in [0.15, 0.2) is 18.2 Å². The van der Waals surface area contributed by atoms with Crippen LogP contribution in [-0.4, -0.2) is 24.4 Å². The Morgan fingerprint density at radius 1 is 1.44 bits per heavy atom. The number of carbonyl (C=O) groups excluding carboxylic acids is 1. The van der Waals surface area contributed by atoms with Gasteiger partial charge in [-0.1, -0.05) is 35.3 Å². The molecule has 1 amide bonds. The van der Waals surface area contributed by atoms with Gasteiger partial charge in [0.15, 0.2) is 0 Å². The van der Waals surface area contributed by atoms with Crippen molar-refractivity contribution in [2.24, 2.45) is 5.73 Å². The van der Waals surface area contributed by atoms with E-state index in [9.17, 15) is 4.79 Å². The molecule has 1 aromatic rings. The number of amides is 1. The number of primary amides is 1. The molecule has 0 bridgehead atoms. The summed E-state index contributed by atoms with van der Waals surface area (Å²) in [6.45, 7) is 1.25. The maximum absolute atomic E-state index is 10.6. The molecule has 5 heteroatoms. The zero-order valence-electron chi connectivity index (χ0n) is 9.04. The Bertz CT molecular complexity index is 382. The van der Waals surface area contributed by atoms with Crippen molar-refractivity contribution in [3.63, 3.8) is 0 Å². The summed E-state index contributed by atoms with van der Waals surface area (Å²) >= 11 is 11.9. The van der Waals surface area contributed by atoms with Gasteiger partial charge in [-0.3, -0.25) is 4.79 Å². The van der Waals surface area contributed by atoms with Crippen molar-refractivity contribution in [1.82, 2.24) is 4.90 Å². The van der Waals surface area contributed by atoms with Gasteiger partial charge in [-0.05, 0) is 18.7 Å². The Kier molecular flexibility index (Phi) is 5.06. The summed E-state index contributed by atoms with van der Waals surface area (Å²) in [7, 11) is 1.90. The van der Waals surface area contributed by atoms with E-state index in [1.165, 1.54) is 0 Å². The van der Waals surface area contributed by atoms with Gasteiger partial charge in [0.05, 0.1) is 10.0 Å². The minimum Gasteiger partial charge on any atom is -0.370 e. The van der Waals surface area contributed by atoms with Gasteiger partial charge >= 0.3 is 0 Å². The van der Waals surface area contributed by atoms with Gasteiger partial charge < -0.3 is 10.6 Å². The van der Waals surface area contributed by atoms with Crippen LogP contribution < -0.4 is 5.73 Å². The van der Waals surface area contributed by atoms with Crippen molar-refractivity contribution in [2.45, 2.75) is 13.0 Å². The Morgan fingerprint density at radius 3 is 2.75 bits per heavy atom. The molecule has 88 valence electrons. The van der Waals surface area contributed by atoms with E-state index >= 15 is 0 Å². The zero-order chi connectivity index (χ0) is 12.1. The highest BCUT2D eigenvalue weighted by Crippen LogP contribution is 2.26. The van der Waals surface area contributed by atoms with Gasteiger partial charge in [-0.2, -0.15) is 0 Å². The third kappa shape index (κ3) is 4.00. The van der Waals surface area contributed by atoms with Gasteiger partial charge in [-0.15, -0.1) is 0 Å². The Hall–Kier alpha value is -0.770. The second-order valence-electron chi connectivity index (χ2n) is 3.67. The highest BCUT2D eigenvalue weighted by atomic mass is 35.5. The standard InChI is InChI=1S/C11H14Cl2N2O/c1-15(6-5-10(14)16)7-8-3-2-4-9(12)11(8)13/h2-4H,5-7H2,1H3,(H2,14,16). The summed E-state index contributed by atoms with van der Waals surface area (Å²) in [6, 6.07) is 5.51. The van der Waals surface area contributed by atoms with Crippen molar-refractivity contribution in [1.29, 1.82) is 0 Å². The zero-order valence-corrected chi connectivity index (χ0v) is 10.6. The second-order valence-corrected chi connectivity index (χ2v) is 4.45. The number of hydrogen-bond donors (Lipinski definition) is 1. The molecule has 16 heavy (non-hydrogen) atoms. The molecule has 2 N–H and O–H groups in total. The van der Waals surface area contributed by atoms with Gasteiger partial charge in [0.25, 0.3) is 0 Å². The molecule has 3 nitrogen and oxygen atoms in total. The Labute approximate surface area is 105 Å². The Balaban J connectivity index is 2.59. The number of nitrogens with two attached hydrogens (primary N) is 1. The largest absolute Gasteiger partial charge is 0.370 e. The molecular weight excluding hydrogens is 247 g/mol. The molecule has 0 saturated carbocycles. The average molecular weight is 261 g/mol. The molecule has 0 heterocycles. The van der Waals surface area contributed by atoms with E-state index in [1.807, 2.05) is 24.1 Å². The van der Waals surface area contributed by atoms with Gasteiger partial charge in [0.2, 0.25) is 5.91 Å². The molecule has 0 aromatic heterocycles. The third-order valence-electron chi connectivity index (χ3n) is 2.21. The van der Waals surface area contributed by atoms with E-state index in [2.05, 4.69) is 0 Å². The summed E-state index contributed by atoms with van der Waals surface area (Å²) in [5.41, 5.74) is 6.02. The summed E-state index contributed by atoms with van der Waals surface area (Å²) in [5, 5.41) is 1.11. The van der Waals surface area contributed by atoms with Crippen LogP contribution >= 0.6 is 23.2 Å². The normalized spacial score (nSPS) is 10.8. The number of hydrogen-bond acceptors (Lipinski definition) is 2. The average Bonchev–Trinajstić information content (AvgIpc) is 2.22. The van der Waals surface area contributed by atoms with Gasteiger partial charge in [-0.25, -0.2) is 0 Å². The quantitative estimate of drug-likeness (QED) is 0.884. The molecule has 0 radical (unpaired) electrons. The molecule has 0 saturated heterocycles. The molecule has 0 aliphatic rings. The first-order valence-electron chi connectivity index (χ1n) is 4.90. The first-order chi connectivity index (χ1) is 7.50. The number of rotatable bonds is 5. The third-order valence-corrected chi connectivity index (χ3v) is 3.07. The van der Waals surface area contributed by atoms with E-state index in [4.69, 9.17) is 28.9 Å². The second kappa shape index (κ2) is 6.09. The molecule has 0 atom stereocenters. The van der Waals surface area contributed by atoms with E-state index in [1.54, 1.807) is 6.07 Å². The fourth-order valence-electron chi connectivity index (χ4n) is 1.34. The highest BCUT2D eigenvalue weighted by Gasteiger charge is 2.07. The van der Waals surface area contributed by atoms with Crippen LogP contribution in [0, 0.1) is 0 Å². The van der Waals surface area contributed by atoms with Crippen molar-refractivity contribution < 1.29 is 4.79 Å². The SMILES string of the molecule is CN(CCC(N)=O)Cc1cccc(Cl)c1Cl. The van der Waals surface area contributed by atoms with Crippen molar-refractivity contribution in [3.8, 4) is 0 Å². The van der Waals surface area contributed by atoms with E-state index in [0.717, 1.165) is 5.56 Å². The summed E-state index contributed by atoms with van der Waals surface area (Å²) in [6.07, 6.45) is 0.342. The first kappa shape index (κ1) is 13.3. The fraction of sp³-hybridized carbons (Fsp3) is 0.364. The number of nitrogens with zero attached hydrogens (tertiary/aromatic N) is 1. The van der Waals surface area contributed by atoms with E-state index in [0.29, 0.717) is 29.6 Å². The lowest BCUT2D eigenvalue weighted by Crippen LogP contribution is -2.24. The minimum atomic E-state index is -0.302. The topological polar surface area (TPSA) is 46.3 Å². The van der Waals surface area contributed by atoms with Crippen molar-refractivity contribution >= 4 is 29.1 Å². The summed E-state index contributed by atoms with van der Waals surface area (Å²) in [5.74, 6) is -0.302. The number of carbonyl (C=O) groups is 1. The summed E-state index contributed by atoms with van der Waals surface area (Å²) in [4.78, 5) is 12.6. The van der Waals surface area contributed by atoms with Crippen LogP contribution in [0.2, 0.25) is 10.0 Å². The number of halogens is 2. The fourth-order valence-corrected chi connectivity index (χ4v) is 1.72. The molecular formula is C11H14Cl2N2O. The molecule has 1 aromatic carbocycles. The predicted octanol–water partition coefficient (Wildman–Crippen LogP) is 2.30. The monoisotopic (exact) mass is 260 g/mol.